The predicted molar refractivity (Wildman–Crippen MR) is 111 cm³/mol. The molecule has 3 aromatic rings. The lowest BCUT2D eigenvalue weighted by atomic mass is 10.0. The standard InChI is InChI=1S/C21H21ClFN5O3/c1-27(21(10-29)3-4-21)20(31)18-12-9-28(5-2-15(12)25-26-18)19(30)17-7-11-6-14(23)13(22)8-16(11)24-17/h6-8,24,29H,2-5,9-10H2,1H3,(H,25,26). The maximum absolute atomic E-state index is 13.7. The summed E-state index contributed by atoms with van der Waals surface area (Å²) in [6, 6.07) is 4.34. The lowest BCUT2D eigenvalue weighted by molar-refractivity contribution is 0.0607. The Labute approximate surface area is 182 Å². The Hall–Kier alpha value is -2.91. The van der Waals surface area contributed by atoms with E-state index in [1.54, 1.807) is 22.9 Å². The molecule has 0 bridgehead atoms. The van der Waals surface area contributed by atoms with Crippen LogP contribution >= 0.6 is 11.6 Å². The van der Waals surface area contributed by atoms with Crippen LogP contribution in [0, 0.1) is 5.82 Å². The topological polar surface area (TPSA) is 105 Å². The van der Waals surface area contributed by atoms with Gasteiger partial charge in [-0.2, -0.15) is 5.10 Å². The molecule has 1 fully saturated rings. The normalized spacial score (nSPS) is 17.0. The van der Waals surface area contributed by atoms with Gasteiger partial charge in [-0.3, -0.25) is 14.7 Å². The van der Waals surface area contributed by atoms with Gasteiger partial charge in [0, 0.05) is 36.5 Å². The molecule has 31 heavy (non-hydrogen) atoms. The van der Waals surface area contributed by atoms with Gasteiger partial charge < -0.3 is 19.9 Å². The molecule has 1 saturated carbocycles. The van der Waals surface area contributed by atoms with Crippen LogP contribution < -0.4 is 0 Å². The monoisotopic (exact) mass is 445 g/mol. The zero-order valence-electron chi connectivity index (χ0n) is 16.8. The average Bonchev–Trinajstić information content (AvgIpc) is 3.30. The number of hydrogen-bond acceptors (Lipinski definition) is 4. The maximum Gasteiger partial charge on any atom is 0.272 e. The van der Waals surface area contributed by atoms with Crippen LogP contribution in [0.2, 0.25) is 5.02 Å². The highest BCUT2D eigenvalue weighted by molar-refractivity contribution is 6.31. The molecule has 3 heterocycles. The summed E-state index contributed by atoms with van der Waals surface area (Å²) in [5.74, 6) is -1.04. The van der Waals surface area contributed by atoms with Gasteiger partial charge in [0.25, 0.3) is 11.8 Å². The summed E-state index contributed by atoms with van der Waals surface area (Å²) in [7, 11) is 1.68. The molecule has 0 atom stereocenters. The van der Waals surface area contributed by atoms with E-state index < -0.39 is 11.4 Å². The molecule has 8 nitrogen and oxygen atoms in total. The number of nitrogens with zero attached hydrogens (tertiary/aromatic N) is 3. The summed E-state index contributed by atoms with van der Waals surface area (Å²) in [4.78, 5) is 32.4. The summed E-state index contributed by atoms with van der Waals surface area (Å²) < 4.78 is 13.7. The lowest BCUT2D eigenvalue weighted by Crippen LogP contribution is -2.42. The number of H-pyrrole nitrogens is 2. The summed E-state index contributed by atoms with van der Waals surface area (Å²) in [5.41, 5.74) is 2.20. The third kappa shape index (κ3) is 3.19. The number of rotatable bonds is 4. The first-order valence-corrected chi connectivity index (χ1v) is 10.4. The number of carbonyl (C=O) groups excluding carboxylic acids is 2. The van der Waals surface area contributed by atoms with Gasteiger partial charge >= 0.3 is 0 Å². The second kappa shape index (κ2) is 7.06. The first-order chi connectivity index (χ1) is 14.8. The molecule has 1 aliphatic heterocycles. The fraction of sp³-hybridized carbons (Fsp3) is 0.381. The largest absolute Gasteiger partial charge is 0.394 e. The van der Waals surface area contributed by atoms with Crippen LogP contribution in [0.4, 0.5) is 4.39 Å². The number of likely N-dealkylation sites (N-methyl/N-ethyl adjacent to an activating group) is 1. The fourth-order valence-corrected chi connectivity index (χ4v) is 4.34. The Bertz CT molecular complexity index is 1180. The van der Waals surface area contributed by atoms with E-state index in [1.807, 2.05) is 0 Å². The van der Waals surface area contributed by atoms with Crippen molar-refractivity contribution in [3.05, 3.63) is 51.7 Å². The molecule has 1 aromatic carbocycles. The van der Waals surface area contributed by atoms with Crippen LogP contribution in [-0.2, 0) is 13.0 Å². The first kappa shape index (κ1) is 20.0. The number of aliphatic hydroxyl groups excluding tert-OH is 1. The van der Waals surface area contributed by atoms with Crippen LogP contribution in [0.3, 0.4) is 0 Å². The minimum absolute atomic E-state index is 0.0158. The number of benzene rings is 1. The van der Waals surface area contributed by atoms with Gasteiger partial charge in [-0.1, -0.05) is 11.6 Å². The summed E-state index contributed by atoms with van der Waals surface area (Å²) >= 11 is 5.84. The van der Waals surface area contributed by atoms with Crippen LogP contribution in [0.5, 0.6) is 0 Å². The van der Waals surface area contributed by atoms with Crippen molar-refractivity contribution in [2.75, 3.05) is 20.2 Å². The van der Waals surface area contributed by atoms with Crippen molar-refractivity contribution in [2.45, 2.75) is 31.3 Å². The van der Waals surface area contributed by atoms with Crippen LogP contribution in [-0.4, -0.2) is 67.6 Å². The van der Waals surface area contributed by atoms with E-state index in [4.69, 9.17) is 11.6 Å². The quantitative estimate of drug-likeness (QED) is 0.573. The van der Waals surface area contributed by atoms with E-state index in [0.717, 1.165) is 18.5 Å². The van der Waals surface area contributed by atoms with Gasteiger partial charge in [0.2, 0.25) is 0 Å². The minimum Gasteiger partial charge on any atom is -0.394 e. The van der Waals surface area contributed by atoms with Gasteiger partial charge in [-0.15, -0.1) is 0 Å². The van der Waals surface area contributed by atoms with Crippen molar-refractivity contribution in [3.63, 3.8) is 0 Å². The van der Waals surface area contributed by atoms with Gasteiger partial charge in [0.15, 0.2) is 0 Å². The predicted octanol–water partition coefficient (Wildman–Crippen LogP) is 2.48. The molecule has 0 unspecified atom stereocenters. The van der Waals surface area contributed by atoms with Crippen LogP contribution in [0.15, 0.2) is 18.2 Å². The molecular formula is C21H21ClFN5O3. The summed E-state index contributed by atoms with van der Waals surface area (Å²) in [6.45, 7) is 0.600. The zero-order valence-corrected chi connectivity index (χ0v) is 17.6. The minimum atomic E-state index is -0.545. The second-order valence-electron chi connectivity index (χ2n) is 8.28. The smallest absolute Gasteiger partial charge is 0.272 e. The Morgan fingerprint density at radius 2 is 2.13 bits per heavy atom. The number of aromatic nitrogens is 3. The Morgan fingerprint density at radius 3 is 2.84 bits per heavy atom. The van der Waals surface area contributed by atoms with E-state index in [0.29, 0.717) is 40.8 Å². The van der Waals surface area contributed by atoms with E-state index in [2.05, 4.69) is 15.2 Å². The van der Waals surface area contributed by atoms with Gasteiger partial charge in [-0.05, 0) is 31.0 Å². The van der Waals surface area contributed by atoms with Gasteiger partial charge in [0.1, 0.15) is 17.2 Å². The number of aliphatic hydroxyl groups is 1. The third-order valence-electron chi connectivity index (χ3n) is 6.45. The van der Waals surface area contributed by atoms with Crippen LogP contribution in [0.1, 0.15) is 45.1 Å². The highest BCUT2D eigenvalue weighted by Crippen LogP contribution is 2.41. The van der Waals surface area contributed by atoms with E-state index in [1.165, 1.54) is 12.1 Å². The molecule has 0 saturated heterocycles. The second-order valence-corrected chi connectivity index (χ2v) is 8.69. The molecule has 162 valence electrons. The summed E-state index contributed by atoms with van der Waals surface area (Å²) in [5, 5.41) is 17.3. The van der Waals surface area contributed by atoms with E-state index >= 15 is 0 Å². The van der Waals surface area contributed by atoms with Gasteiger partial charge in [-0.25, -0.2) is 4.39 Å². The van der Waals surface area contributed by atoms with Gasteiger partial charge in [0.05, 0.1) is 29.4 Å². The molecular weight excluding hydrogens is 425 g/mol. The number of aromatic amines is 2. The average molecular weight is 446 g/mol. The van der Waals surface area contributed by atoms with Crippen molar-refractivity contribution in [2.24, 2.45) is 0 Å². The molecule has 10 heteroatoms. The van der Waals surface area contributed by atoms with Crippen molar-refractivity contribution in [1.29, 1.82) is 0 Å². The maximum atomic E-state index is 13.7. The third-order valence-corrected chi connectivity index (χ3v) is 6.74. The first-order valence-electron chi connectivity index (χ1n) is 10.0. The molecule has 0 spiro atoms. The zero-order chi connectivity index (χ0) is 21.9. The Balaban J connectivity index is 1.40. The highest BCUT2D eigenvalue weighted by atomic mass is 35.5. The molecule has 3 N–H and O–H groups in total. The molecule has 2 aromatic heterocycles. The molecule has 0 radical (unpaired) electrons. The van der Waals surface area contributed by atoms with E-state index in [9.17, 15) is 19.1 Å². The lowest BCUT2D eigenvalue weighted by Gasteiger charge is -2.29. The SMILES string of the molecule is CN(C(=O)c1[nH]nc2c1CN(C(=O)c1cc3cc(F)c(Cl)cc3[nH]1)CC2)C1(CO)CC1. The summed E-state index contributed by atoms with van der Waals surface area (Å²) in [6.07, 6.45) is 2.04. The van der Waals surface area contributed by atoms with Crippen molar-refractivity contribution >= 4 is 34.3 Å². The number of halogens is 2. The molecule has 5 rings (SSSR count). The number of amides is 2. The molecule has 2 amide bonds. The van der Waals surface area contributed by atoms with Crippen LogP contribution in [0.25, 0.3) is 10.9 Å². The Kier molecular flexibility index (Phi) is 4.56. The molecule has 1 aliphatic carbocycles. The highest BCUT2D eigenvalue weighted by Gasteiger charge is 2.48. The molecule has 2 aliphatic rings. The Morgan fingerprint density at radius 1 is 1.35 bits per heavy atom. The van der Waals surface area contributed by atoms with Crippen molar-refractivity contribution in [1.82, 2.24) is 25.0 Å². The number of fused-ring (bicyclic) bond motifs is 2. The fourth-order valence-electron chi connectivity index (χ4n) is 4.18. The van der Waals surface area contributed by atoms with E-state index in [-0.39, 0.29) is 30.0 Å². The van der Waals surface area contributed by atoms with Crippen molar-refractivity contribution in [3.8, 4) is 0 Å². The number of nitrogens with one attached hydrogen (secondary N) is 2. The van der Waals surface area contributed by atoms with Crippen molar-refractivity contribution < 1.29 is 19.1 Å². The number of hydrogen-bond donors (Lipinski definition) is 3. The number of carbonyl (C=O) groups is 2.